The maximum atomic E-state index is 15.6. The first-order chi connectivity index (χ1) is 19.8. The summed E-state index contributed by atoms with van der Waals surface area (Å²) in [7, 11) is 0. The number of piperazine rings is 1. The summed E-state index contributed by atoms with van der Waals surface area (Å²) in [6, 6.07) is 6.60. The summed E-state index contributed by atoms with van der Waals surface area (Å²) in [5.74, 6) is 1.10. The summed E-state index contributed by atoms with van der Waals surface area (Å²) < 4.78 is 23.1. The van der Waals surface area contributed by atoms with Crippen molar-refractivity contribution in [2.45, 2.75) is 32.9 Å². The number of rotatable bonds is 6. The van der Waals surface area contributed by atoms with Crippen molar-refractivity contribution in [2.24, 2.45) is 0 Å². The van der Waals surface area contributed by atoms with Crippen LogP contribution in [-0.2, 0) is 4.79 Å². The molecule has 2 atom stereocenters. The van der Waals surface area contributed by atoms with Crippen molar-refractivity contribution in [1.82, 2.24) is 39.4 Å². The molecule has 1 N–H and O–H groups in total. The quantitative estimate of drug-likeness (QED) is 0.307. The zero-order chi connectivity index (χ0) is 28.7. The SMILES string of the molecule is C=CC(=O)N1CCN(c2ncc3ncnc(Nc4ccc(Oc5ccn6ncnc6c5)c(C)c4F)c3n2)[C@H](C)[C@H]1C. The number of hydrogen-bond acceptors (Lipinski definition) is 10. The second-order valence-corrected chi connectivity index (χ2v) is 9.74. The number of aromatic nitrogens is 7. The van der Waals surface area contributed by atoms with Crippen LogP contribution < -0.4 is 15.0 Å². The van der Waals surface area contributed by atoms with Gasteiger partial charge in [0.1, 0.15) is 35.2 Å². The third-order valence-corrected chi connectivity index (χ3v) is 7.41. The third-order valence-electron chi connectivity index (χ3n) is 7.41. The highest BCUT2D eigenvalue weighted by atomic mass is 19.1. The van der Waals surface area contributed by atoms with E-state index < -0.39 is 5.82 Å². The van der Waals surface area contributed by atoms with Crippen molar-refractivity contribution in [3.63, 3.8) is 0 Å². The molecule has 0 radical (unpaired) electrons. The zero-order valence-electron chi connectivity index (χ0n) is 22.7. The number of fused-ring (bicyclic) bond motifs is 2. The smallest absolute Gasteiger partial charge is 0.246 e. The molecule has 1 aromatic carbocycles. The Kier molecular flexibility index (Phi) is 6.61. The van der Waals surface area contributed by atoms with Crippen LogP contribution in [0.5, 0.6) is 11.5 Å². The Labute approximate surface area is 234 Å². The minimum absolute atomic E-state index is 0.0516. The van der Waals surface area contributed by atoms with E-state index in [-0.39, 0.29) is 23.7 Å². The van der Waals surface area contributed by atoms with Crippen molar-refractivity contribution in [1.29, 1.82) is 0 Å². The van der Waals surface area contributed by atoms with Gasteiger partial charge < -0.3 is 19.9 Å². The van der Waals surface area contributed by atoms with Crippen LogP contribution in [0.2, 0.25) is 0 Å². The molecule has 0 spiro atoms. The second-order valence-electron chi connectivity index (χ2n) is 9.74. The second kappa shape index (κ2) is 10.4. The standard InChI is InChI=1S/C28H27FN10O2/c1-5-24(40)37-10-11-38(18(4)17(37)3)28-30-13-21-26(36-28)27(33-14-31-21)35-20-6-7-22(16(2)25(20)29)41-19-8-9-39-23(12-19)32-15-34-39/h5-9,12-15,17-18H,1,10-11H2,2-4H3,(H,31,33,35)/t17-,18-/m1/s1. The number of pyridine rings is 1. The fraction of sp³-hybridized carbons (Fsp3) is 0.250. The van der Waals surface area contributed by atoms with Gasteiger partial charge in [0.15, 0.2) is 17.3 Å². The van der Waals surface area contributed by atoms with E-state index in [2.05, 4.69) is 36.9 Å². The summed E-state index contributed by atoms with van der Waals surface area (Å²) in [5.41, 5.74) is 2.10. The number of carbonyl (C=O) groups is 1. The minimum Gasteiger partial charge on any atom is -0.457 e. The molecule has 208 valence electrons. The van der Waals surface area contributed by atoms with E-state index in [1.165, 1.54) is 18.7 Å². The molecule has 0 bridgehead atoms. The predicted molar refractivity (Wildman–Crippen MR) is 151 cm³/mol. The van der Waals surface area contributed by atoms with Crippen LogP contribution in [0.4, 0.5) is 21.8 Å². The van der Waals surface area contributed by atoms with Gasteiger partial charge in [0.25, 0.3) is 0 Å². The molecule has 1 aliphatic heterocycles. The van der Waals surface area contributed by atoms with Crippen LogP contribution >= 0.6 is 0 Å². The summed E-state index contributed by atoms with van der Waals surface area (Å²) in [6.07, 6.45) is 7.49. The molecule has 1 aliphatic rings. The molecule has 5 heterocycles. The molecule has 4 aromatic heterocycles. The van der Waals surface area contributed by atoms with Crippen molar-refractivity contribution in [3.8, 4) is 11.5 Å². The number of amides is 1. The molecule has 12 nitrogen and oxygen atoms in total. The Morgan fingerprint density at radius 3 is 2.80 bits per heavy atom. The lowest BCUT2D eigenvalue weighted by Crippen LogP contribution is -2.59. The number of halogens is 1. The molecule has 1 fully saturated rings. The summed E-state index contributed by atoms with van der Waals surface area (Å²) in [4.78, 5) is 38.1. The molecule has 5 aromatic rings. The van der Waals surface area contributed by atoms with E-state index in [9.17, 15) is 4.79 Å². The maximum Gasteiger partial charge on any atom is 0.246 e. The Morgan fingerprint density at radius 1 is 1.12 bits per heavy atom. The predicted octanol–water partition coefficient (Wildman–Crippen LogP) is 4.06. The maximum absolute atomic E-state index is 15.6. The van der Waals surface area contributed by atoms with E-state index >= 15 is 4.39 Å². The van der Waals surface area contributed by atoms with Crippen molar-refractivity contribution in [3.05, 3.63) is 73.3 Å². The van der Waals surface area contributed by atoms with Crippen LogP contribution in [0.3, 0.4) is 0 Å². The van der Waals surface area contributed by atoms with Gasteiger partial charge in [0, 0.05) is 43.0 Å². The highest BCUT2D eigenvalue weighted by Crippen LogP contribution is 2.33. The molecular weight excluding hydrogens is 527 g/mol. The number of hydrogen-bond donors (Lipinski definition) is 1. The number of nitrogens with one attached hydrogen (secondary N) is 1. The average molecular weight is 555 g/mol. The van der Waals surface area contributed by atoms with Crippen molar-refractivity contribution >= 4 is 40.0 Å². The van der Waals surface area contributed by atoms with Gasteiger partial charge in [-0.15, -0.1) is 0 Å². The normalized spacial score (nSPS) is 17.2. The van der Waals surface area contributed by atoms with Crippen LogP contribution in [0.15, 0.2) is 62.0 Å². The Balaban J connectivity index is 1.27. The first-order valence-electron chi connectivity index (χ1n) is 13.0. The molecule has 1 amide bonds. The van der Waals surface area contributed by atoms with Crippen LogP contribution in [0.25, 0.3) is 16.7 Å². The lowest BCUT2D eigenvalue weighted by molar-refractivity contribution is -0.129. The third kappa shape index (κ3) is 4.75. The monoisotopic (exact) mass is 554 g/mol. The van der Waals surface area contributed by atoms with E-state index in [1.807, 2.05) is 18.7 Å². The van der Waals surface area contributed by atoms with E-state index in [4.69, 9.17) is 9.72 Å². The highest BCUT2D eigenvalue weighted by molar-refractivity contribution is 5.88. The minimum atomic E-state index is -0.488. The summed E-state index contributed by atoms with van der Waals surface area (Å²) in [5, 5.41) is 7.14. The number of ether oxygens (including phenoxy) is 1. The fourth-order valence-electron chi connectivity index (χ4n) is 4.92. The van der Waals surface area contributed by atoms with Crippen molar-refractivity contribution in [2.75, 3.05) is 23.3 Å². The van der Waals surface area contributed by atoms with Crippen LogP contribution in [-0.4, -0.2) is 70.5 Å². The van der Waals surface area contributed by atoms with Crippen LogP contribution in [0, 0.1) is 12.7 Å². The number of benzene rings is 1. The molecular formula is C28H27FN10O2. The van der Waals surface area contributed by atoms with Crippen molar-refractivity contribution < 1.29 is 13.9 Å². The van der Waals surface area contributed by atoms with Gasteiger partial charge in [-0.2, -0.15) is 5.10 Å². The molecule has 13 heteroatoms. The fourth-order valence-corrected chi connectivity index (χ4v) is 4.92. The number of nitrogens with zero attached hydrogens (tertiary/aromatic N) is 9. The Bertz CT molecular complexity index is 1790. The van der Waals surface area contributed by atoms with E-state index in [1.54, 1.807) is 53.0 Å². The van der Waals surface area contributed by atoms with Gasteiger partial charge in [-0.05, 0) is 45.0 Å². The lowest BCUT2D eigenvalue weighted by atomic mass is 10.0. The van der Waals surface area contributed by atoms with Gasteiger partial charge >= 0.3 is 0 Å². The first-order valence-corrected chi connectivity index (χ1v) is 13.0. The summed E-state index contributed by atoms with van der Waals surface area (Å²) >= 11 is 0. The Morgan fingerprint density at radius 2 is 1.98 bits per heavy atom. The Hall–Kier alpha value is -5.20. The number of anilines is 3. The van der Waals surface area contributed by atoms with Gasteiger partial charge in [0.2, 0.25) is 11.9 Å². The molecule has 6 rings (SSSR count). The van der Waals surface area contributed by atoms with Gasteiger partial charge in [0.05, 0.1) is 11.9 Å². The zero-order valence-corrected chi connectivity index (χ0v) is 22.7. The first kappa shape index (κ1) is 26.0. The molecule has 0 saturated carbocycles. The van der Waals surface area contributed by atoms with Gasteiger partial charge in [-0.1, -0.05) is 6.58 Å². The largest absolute Gasteiger partial charge is 0.457 e. The van der Waals surface area contributed by atoms with Crippen LogP contribution in [0.1, 0.15) is 19.4 Å². The molecule has 1 saturated heterocycles. The summed E-state index contributed by atoms with van der Waals surface area (Å²) in [6.45, 7) is 10.3. The molecule has 0 aliphatic carbocycles. The van der Waals surface area contributed by atoms with Gasteiger partial charge in [-0.25, -0.2) is 33.8 Å². The number of carbonyl (C=O) groups excluding carboxylic acids is 1. The van der Waals surface area contributed by atoms with E-state index in [0.717, 1.165) is 0 Å². The van der Waals surface area contributed by atoms with E-state index in [0.29, 0.717) is 58.6 Å². The molecule has 41 heavy (non-hydrogen) atoms. The van der Waals surface area contributed by atoms with Gasteiger partial charge in [-0.3, -0.25) is 4.79 Å². The lowest BCUT2D eigenvalue weighted by Gasteiger charge is -2.44. The average Bonchev–Trinajstić information content (AvgIpc) is 3.46. The molecule has 0 unspecified atom stereocenters. The topological polar surface area (TPSA) is 127 Å². The highest BCUT2D eigenvalue weighted by Gasteiger charge is 2.34.